The minimum absolute atomic E-state index is 0.556. The third kappa shape index (κ3) is 4.66. The summed E-state index contributed by atoms with van der Waals surface area (Å²) >= 11 is 6.12. The molecule has 0 atom stereocenters. The van der Waals surface area contributed by atoms with Crippen LogP contribution in [-0.2, 0) is 11.3 Å². The predicted molar refractivity (Wildman–Crippen MR) is 87.3 cm³/mol. The van der Waals surface area contributed by atoms with Crippen LogP contribution in [0.15, 0.2) is 42.5 Å². The average molecular weight is 306 g/mol. The second-order valence-corrected chi connectivity index (χ2v) is 5.16. The fraction of sp³-hybridized carbons (Fsp3) is 0.294. The molecule has 0 amide bonds. The van der Waals surface area contributed by atoms with Gasteiger partial charge in [0.05, 0.1) is 6.61 Å². The highest BCUT2D eigenvalue weighted by molar-refractivity contribution is 6.31. The molecule has 4 heteroatoms. The molecule has 0 spiro atoms. The quantitative estimate of drug-likeness (QED) is 0.774. The number of benzene rings is 2. The van der Waals surface area contributed by atoms with Gasteiger partial charge in [-0.25, -0.2) is 0 Å². The van der Waals surface area contributed by atoms with Gasteiger partial charge >= 0.3 is 0 Å². The van der Waals surface area contributed by atoms with E-state index in [0.29, 0.717) is 13.2 Å². The first-order valence-corrected chi connectivity index (χ1v) is 7.28. The van der Waals surface area contributed by atoms with E-state index in [-0.39, 0.29) is 0 Å². The van der Waals surface area contributed by atoms with Crippen LogP contribution >= 0.6 is 11.6 Å². The molecular formula is C17H20ClNO2. The second kappa shape index (κ2) is 7.91. The van der Waals surface area contributed by atoms with Crippen LogP contribution in [0, 0.1) is 6.92 Å². The molecule has 0 aliphatic rings. The summed E-state index contributed by atoms with van der Waals surface area (Å²) in [5, 5.41) is 4.17. The van der Waals surface area contributed by atoms with Gasteiger partial charge in [-0.2, -0.15) is 0 Å². The molecule has 112 valence electrons. The molecule has 2 aromatic rings. The number of rotatable bonds is 7. The number of nitrogens with one attached hydrogen (secondary N) is 1. The van der Waals surface area contributed by atoms with E-state index in [2.05, 4.69) is 11.4 Å². The molecule has 2 rings (SSSR count). The minimum atomic E-state index is 0.556. The van der Waals surface area contributed by atoms with Crippen LogP contribution in [0.2, 0.25) is 5.02 Å². The van der Waals surface area contributed by atoms with Crippen molar-refractivity contribution in [3.8, 4) is 5.75 Å². The molecule has 3 nitrogen and oxygen atoms in total. The lowest BCUT2D eigenvalue weighted by molar-refractivity contribution is 0.146. The number of hydrogen-bond acceptors (Lipinski definition) is 3. The monoisotopic (exact) mass is 305 g/mol. The number of halogens is 1. The Labute approximate surface area is 130 Å². The Balaban J connectivity index is 1.96. The van der Waals surface area contributed by atoms with Gasteiger partial charge in [0.2, 0.25) is 0 Å². The molecule has 0 radical (unpaired) electrons. The number of ether oxygens (including phenoxy) is 2. The lowest BCUT2D eigenvalue weighted by Gasteiger charge is -2.12. The van der Waals surface area contributed by atoms with Crippen LogP contribution in [0.25, 0.3) is 0 Å². The van der Waals surface area contributed by atoms with Crippen molar-refractivity contribution >= 4 is 17.3 Å². The van der Waals surface area contributed by atoms with E-state index in [1.807, 2.05) is 43.3 Å². The molecule has 21 heavy (non-hydrogen) atoms. The first-order chi connectivity index (χ1) is 10.2. The molecule has 2 aromatic carbocycles. The smallest absolute Gasteiger partial charge is 0.119 e. The molecule has 0 unspecified atom stereocenters. The van der Waals surface area contributed by atoms with Crippen molar-refractivity contribution in [2.75, 3.05) is 25.6 Å². The predicted octanol–water partition coefficient (Wildman–Crippen LogP) is 4.29. The van der Waals surface area contributed by atoms with E-state index in [4.69, 9.17) is 21.1 Å². The normalized spacial score (nSPS) is 10.4. The Kier molecular flexibility index (Phi) is 5.90. The molecular weight excluding hydrogens is 286 g/mol. The van der Waals surface area contributed by atoms with Gasteiger partial charge in [0.15, 0.2) is 0 Å². The van der Waals surface area contributed by atoms with Gasteiger partial charge in [-0.05, 0) is 42.3 Å². The van der Waals surface area contributed by atoms with Crippen molar-refractivity contribution in [3.63, 3.8) is 0 Å². The molecule has 0 fully saturated rings. The van der Waals surface area contributed by atoms with Gasteiger partial charge in [-0.3, -0.25) is 0 Å². The van der Waals surface area contributed by atoms with Gasteiger partial charge < -0.3 is 14.8 Å². The molecule has 0 saturated heterocycles. The van der Waals surface area contributed by atoms with Crippen molar-refractivity contribution in [3.05, 3.63) is 58.6 Å². The zero-order valence-electron chi connectivity index (χ0n) is 12.4. The minimum Gasteiger partial charge on any atom is -0.491 e. The average Bonchev–Trinajstić information content (AvgIpc) is 2.50. The van der Waals surface area contributed by atoms with Crippen LogP contribution in [0.4, 0.5) is 5.69 Å². The highest BCUT2D eigenvalue weighted by atomic mass is 35.5. The summed E-state index contributed by atoms with van der Waals surface area (Å²) in [6, 6.07) is 13.9. The second-order valence-electron chi connectivity index (χ2n) is 4.75. The summed E-state index contributed by atoms with van der Waals surface area (Å²) in [7, 11) is 1.66. The van der Waals surface area contributed by atoms with Crippen molar-refractivity contribution in [2.24, 2.45) is 0 Å². The first kappa shape index (κ1) is 15.7. The fourth-order valence-electron chi connectivity index (χ4n) is 1.98. The summed E-state index contributed by atoms with van der Waals surface area (Å²) in [6.07, 6.45) is 0. The SMILES string of the molecule is COCCOc1cccc(CNc2cccc(Cl)c2C)c1. The summed E-state index contributed by atoms with van der Waals surface area (Å²) in [6.45, 7) is 3.88. The Morgan fingerprint density at radius 1 is 1.10 bits per heavy atom. The van der Waals surface area contributed by atoms with Crippen LogP contribution < -0.4 is 10.1 Å². The number of anilines is 1. The summed E-state index contributed by atoms with van der Waals surface area (Å²) in [4.78, 5) is 0. The van der Waals surface area contributed by atoms with Crippen molar-refractivity contribution < 1.29 is 9.47 Å². The third-order valence-electron chi connectivity index (χ3n) is 3.21. The molecule has 0 bridgehead atoms. The van der Waals surface area contributed by atoms with Gasteiger partial charge in [0.25, 0.3) is 0 Å². The molecule has 1 N–H and O–H groups in total. The highest BCUT2D eigenvalue weighted by Crippen LogP contribution is 2.23. The van der Waals surface area contributed by atoms with Gasteiger partial charge in [0.1, 0.15) is 12.4 Å². The van der Waals surface area contributed by atoms with E-state index < -0.39 is 0 Å². The highest BCUT2D eigenvalue weighted by Gasteiger charge is 2.02. The van der Waals surface area contributed by atoms with E-state index in [1.165, 1.54) is 0 Å². The van der Waals surface area contributed by atoms with Crippen LogP contribution in [0.5, 0.6) is 5.75 Å². The first-order valence-electron chi connectivity index (χ1n) is 6.90. The Bertz CT molecular complexity index is 587. The fourth-order valence-corrected chi connectivity index (χ4v) is 2.16. The Morgan fingerprint density at radius 3 is 2.71 bits per heavy atom. The zero-order chi connectivity index (χ0) is 15.1. The largest absolute Gasteiger partial charge is 0.491 e. The summed E-state index contributed by atoms with van der Waals surface area (Å²) in [5.74, 6) is 0.856. The van der Waals surface area contributed by atoms with E-state index in [1.54, 1.807) is 7.11 Å². The topological polar surface area (TPSA) is 30.5 Å². The van der Waals surface area contributed by atoms with E-state index in [0.717, 1.165) is 34.1 Å². The van der Waals surface area contributed by atoms with Crippen LogP contribution in [-0.4, -0.2) is 20.3 Å². The summed E-state index contributed by atoms with van der Waals surface area (Å²) in [5.41, 5.74) is 3.27. The lowest BCUT2D eigenvalue weighted by Crippen LogP contribution is -2.05. The lowest BCUT2D eigenvalue weighted by atomic mass is 10.1. The third-order valence-corrected chi connectivity index (χ3v) is 3.61. The number of methoxy groups -OCH3 is 1. The molecule has 0 aliphatic heterocycles. The van der Waals surface area contributed by atoms with Crippen molar-refractivity contribution in [1.29, 1.82) is 0 Å². The van der Waals surface area contributed by atoms with E-state index in [9.17, 15) is 0 Å². The maximum atomic E-state index is 6.12. The molecule has 0 saturated carbocycles. The Morgan fingerprint density at radius 2 is 1.90 bits per heavy atom. The maximum Gasteiger partial charge on any atom is 0.119 e. The number of hydrogen-bond donors (Lipinski definition) is 1. The van der Waals surface area contributed by atoms with Crippen LogP contribution in [0.3, 0.4) is 0 Å². The maximum absolute atomic E-state index is 6.12. The molecule has 0 aromatic heterocycles. The standard InChI is InChI=1S/C17H20ClNO2/c1-13-16(18)7-4-8-17(13)19-12-14-5-3-6-15(11-14)21-10-9-20-2/h3-8,11,19H,9-10,12H2,1-2H3. The van der Waals surface area contributed by atoms with Crippen LogP contribution in [0.1, 0.15) is 11.1 Å². The van der Waals surface area contributed by atoms with Gasteiger partial charge in [-0.1, -0.05) is 29.8 Å². The van der Waals surface area contributed by atoms with Gasteiger partial charge in [-0.15, -0.1) is 0 Å². The zero-order valence-corrected chi connectivity index (χ0v) is 13.1. The van der Waals surface area contributed by atoms with E-state index >= 15 is 0 Å². The van der Waals surface area contributed by atoms with Crippen molar-refractivity contribution in [1.82, 2.24) is 0 Å². The molecule has 0 aliphatic carbocycles. The Hall–Kier alpha value is -1.71. The molecule has 0 heterocycles. The van der Waals surface area contributed by atoms with Crippen molar-refractivity contribution in [2.45, 2.75) is 13.5 Å². The summed E-state index contributed by atoms with van der Waals surface area (Å²) < 4.78 is 10.6. The van der Waals surface area contributed by atoms with Gasteiger partial charge in [0, 0.05) is 24.4 Å².